The molecule has 0 aliphatic carbocycles. The Morgan fingerprint density at radius 1 is 0.500 bits per heavy atom. The number of imidazole rings is 2. The SMILES string of the molecule is CC.CC.CC.CC.O=C1NCc2c(-c3cnc4cccnn34)ccc(Nc3ccccn3)c21.O=C1NCc2c(-c3cnc4cccnn34)ncc(Nc3ccccn3)c21. The molecular weight excluding hydrogens is 755 g/mol. The molecule has 0 unspecified atom stereocenters. The largest absolute Gasteiger partial charge is 0.348 e. The highest BCUT2D eigenvalue weighted by Gasteiger charge is 2.29. The molecule has 8 aromatic rings. The number of pyridine rings is 3. The number of amides is 2. The monoisotopic (exact) mass is 805 g/mol. The van der Waals surface area contributed by atoms with E-state index in [2.05, 4.69) is 56.4 Å². The van der Waals surface area contributed by atoms with Gasteiger partial charge in [0.1, 0.15) is 17.3 Å². The van der Waals surface area contributed by atoms with Crippen molar-refractivity contribution in [2.75, 3.05) is 10.6 Å². The van der Waals surface area contributed by atoms with Gasteiger partial charge in [-0.15, -0.1) is 0 Å². The summed E-state index contributed by atoms with van der Waals surface area (Å²) in [6, 6.07) is 22.5. The number of carbonyl (C=O) groups is 2. The van der Waals surface area contributed by atoms with Crippen LogP contribution in [0.4, 0.5) is 23.0 Å². The summed E-state index contributed by atoms with van der Waals surface area (Å²) in [6.45, 7) is 16.9. The van der Waals surface area contributed by atoms with Crippen molar-refractivity contribution >= 4 is 46.1 Å². The number of rotatable bonds is 6. The molecule has 7 aromatic heterocycles. The molecule has 308 valence electrons. The Kier molecular flexibility index (Phi) is 15.5. The number of fused-ring (bicyclic) bond motifs is 4. The highest BCUT2D eigenvalue weighted by molar-refractivity contribution is 6.06. The smallest absolute Gasteiger partial charge is 0.254 e. The molecule has 2 amide bonds. The van der Waals surface area contributed by atoms with Crippen molar-refractivity contribution in [3.63, 3.8) is 0 Å². The lowest BCUT2D eigenvalue weighted by atomic mass is 9.99. The van der Waals surface area contributed by atoms with E-state index in [1.54, 1.807) is 52.4 Å². The van der Waals surface area contributed by atoms with Crippen LogP contribution >= 0.6 is 0 Å². The van der Waals surface area contributed by atoms with Crippen molar-refractivity contribution in [3.8, 4) is 22.6 Å². The summed E-state index contributed by atoms with van der Waals surface area (Å²) in [4.78, 5) is 46.7. The highest BCUT2D eigenvalue weighted by atomic mass is 16.2. The number of hydrogen-bond donors (Lipinski definition) is 4. The maximum absolute atomic E-state index is 12.5. The van der Waals surface area contributed by atoms with Crippen LogP contribution < -0.4 is 21.3 Å². The number of hydrogen-bond acceptors (Lipinski definition) is 11. The van der Waals surface area contributed by atoms with E-state index in [1.165, 1.54) is 0 Å². The zero-order chi connectivity index (χ0) is 43.0. The fourth-order valence-corrected chi connectivity index (χ4v) is 6.40. The van der Waals surface area contributed by atoms with E-state index < -0.39 is 0 Å². The van der Waals surface area contributed by atoms with Gasteiger partial charge in [-0.25, -0.2) is 29.0 Å². The second kappa shape index (κ2) is 21.3. The van der Waals surface area contributed by atoms with Gasteiger partial charge in [-0.2, -0.15) is 10.2 Å². The lowest BCUT2D eigenvalue weighted by molar-refractivity contribution is 0.0958. The Balaban J connectivity index is 0.000000196. The fourth-order valence-electron chi connectivity index (χ4n) is 6.40. The summed E-state index contributed by atoms with van der Waals surface area (Å²) in [6.07, 6.45) is 12.0. The first-order chi connectivity index (χ1) is 29.6. The van der Waals surface area contributed by atoms with Gasteiger partial charge in [0.15, 0.2) is 11.3 Å². The second-order valence-corrected chi connectivity index (χ2v) is 11.8. The number of benzene rings is 1. The minimum atomic E-state index is -0.135. The Bertz CT molecular complexity index is 2460. The molecule has 2 aliphatic rings. The van der Waals surface area contributed by atoms with Crippen molar-refractivity contribution < 1.29 is 9.59 Å². The molecule has 60 heavy (non-hydrogen) atoms. The van der Waals surface area contributed by atoms with Crippen LogP contribution in [0.25, 0.3) is 33.9 Å². The number of nitrogens with zero attached hydrogens (tertiary/aromatic N) is 9. The first-order valence-corrected chi connectivity index (χ1v) is 20.3. The van der Waals surface area contributed by atoms with Crippen molar-refractivity contribution in [2.45, 2.75) is 68.5 Å². The summed E-state index contributed by atoms with van der Waals surface area (Å²) < 4.78 is 3.50. The Hall–Kier alpha value is -7.55. The number of aromatic nitrogens is 9. The lowest BCUT2D eigenvalue weighted by Gasteiger charge is -2.12. The summed E-state index contributed by atoms with van der Waals surface area (Å²) in [7, 11) is 0. The summed E-state index contributed by atoms with van der Waals surface area (Å²) in [5.74, 6) is 1.12. The third-order valence-electron chi connectivity index (χ3n) is 8.73. The van der Waals surface area contributed by atoms with Gasteiger partial charge in [0, 0.05) is 49.0 Å². The van der Waals surface area contributed by atoms with Gasteiger partial charge in [0.05, 0.1) is 52.5 Å². The van der Waals surface area contributed by atoms with E-state index in [-0.39, 0.29) is 11.8 Å². The number of carbonyl (C=O) groups excluding carboxylic acids is 2. The van der Waals surface area contributed by atoms with Gasteiger partial charge in [-0.3, -0.25) is 14.6 Å². The van der Waals surface area contributed by atoms with Crippen LogP contribution in [0.3, 0.4) is 0 Å². The molecule has 0 atom stereocenters. The lowest BCUT2D eigenvalue weighted by Crippen LogP contribution is -2.13. The molecule has 15 heteroatoms. The maximum atomic E-state index is 12.5. The molecule has 1 aromatic carbocycles. The molecule has 2 aliphatic heterocycles. The number of nitrogens with one attached hydrogen (secondary N) is 4. The van der Waals surface area contributed by atoms with Crippen molar-refractivity contribution in [3.05, 3.63) is 138 Å². The Morgan fingerprint density at radius 3 is 1.58 bits per heavy atom. The van der Waals surface area contributed by atoms with Crippen LogP contribution in [-0.2, 0) is 13.1 Å². The average molecular weight is 806 g/mol. The molecule has 0 bridgehead atoms. The zero-order valence-corrected chi connectivity index (χ0v) is 35.2. The van der Waals surface area contributed by atoms with Gasteiger partial charge >= 0.3 is 0 Å². The molecule has 0 saturated carbocycles. The van der Waals surface area contributed by atoms with Crippen LogP contribution in [0.2, 0.25) is 0 Å². The molecule has 10 rings (SSSR count). The molecule has 9 heterocycles. The third kappa shape index (κ3) is 9.10. The molecule has 4 N–H and O–H groups in total. The van der Waals surface area contributed by atoms with E-state index in [4.69, 9.17) is 0 Å². The minimum absolute atomic E-state index is 0.0953. The van der Waals surface area contributed by atoms with Gasteiger partial charge in [0.2, 0.25) is 0 Å². The van der Waals surface area contributed by atoms with Crippen molar-refractivity contribution in [2.24, 2.45) is 0 Å². The van der Waals surface area contributed by atoms with Gasteiger partial charge < -0.3 is 21.3 Å². The maximum Gasteiger partial charge on any atom is 0.254 e. The minimum Gasteiger partial charge on any atom is -0.348 e. The molecule has 0 spiro atoms. The molecule has 15 nitrogen and oxygen atoms in total. The zero-order valence-electron chi connectivity index (χ0n) is 35.2. The predicted molar refractivity (Wildman–Crippen MR) is 237 cm³/mol. The normalized spacial score (nSPS) is 11.5. The summed E-state index contributed by atoms with van der Waals surface area (Å²) >= 11 is 0. The standard InChI is InChI=1S/C19H14N6O.C18H13N7O.4C2H6/c26-19-18-13(10-22-19)12(15-11-21-17-5-3-9-23-25(15)17)6-7-14(18)24-16-4-1-2-8-20-16;26-18-16-11(8-22-18)17(13-10-20-15-5-3-7-23-25(13)15)21-9-12(16)24-14-4-1-2-6-19-14;4*1-2/h1-9,11H,10H2,(H,20,24)(H,22,26);1-7,9-10H,8H2,(H,19,24)(H,22,26);4*1-2H3. The quantitative estimate of drug-likeness (QED) is 0.126. The molecule has 0 radical (unpaired) electrons. The van der Waals surface area contributed by atoms with Crippen LogP contribution in [0.1, 0.15) is 87.2 Å². The first kappa shape index (κ1) is 43.6. The van der Waals surface area contributed by atoms with Crippen LogP contribution in [0.15, 0.2) is 116 Å². The first-order valence-electron chi connectivity index (χ1n) is 20.3. The van der Waals surface area contributed by atoms with Crippen LogP contribution in [0.5, 0.6) is 0 Å². The van der Waals surface area contributed by atoms with E-state index in [1.807, 2.05) is 128 Å². The topological polar surface area (TPSA) is 181 Å². The van der Waals surface area contributed by atoms with Crippen molar-refractivity contribution in [1.29, 1.82) is 0 Å². The van der Waals surface area contributed by atoms with E-state index >= 15 is 0 Å². The van der Waals surface area contributed by atoms with Gasteiger partial charge in [0.25, 0.3) is 11.8 Å². The number of anilines is 4. The highest BCUT2D eigenvalue weighted by Crippen LogP contribution is 2.36. The second-order valence-electron chi connectivity index (χ2n) is 11.8. The summed E-state index contributed by atoms with van der Waals surface area (Å²) in [5.41, 5.74) is 9.06. The molecular formula is C45H51N13O2. The third-order valence-corrected chi connectivity index (χ3v) is 8.73. The average Bonchev–Trinajstić information content (AvgIpc) is 4.14. The van der Waals surface area contributed by atoms with Crippen LogP contribution in [0, 0.1) is 0 Å². The van der Waals surface area contributed by atoms with Crippen molar-refractivity contribution in [1.82, 2.24) is 54.8 Å². The fraction of sp³-hybridized carbons (Fsp3) is 0.222. The van der Waals surface area contributed by atoms with E-state index in [0.717, 1.165) is 45.1 Å². The predicted octanol–water partition coefficient (Wildman–Crippen LogP) is 9.06. The van der Waals surface area contributed by atoms with E-state index in [0.29, 0.717) is 47.2 Å². The van der Waals surface area contributed by atoms with E-state index in [9.17, 15) is 9.59 Å². The Morgan fingerprint density at radius 2 is 1.02 bits per heavy atom. The Labute approximate surface area is 349 Å². The van der Waals surface area contributed by atoms with Gasteiger partial charge in [-0.05, 0) is 60.2 Å². The van der Waals surface area contributed by atoms with Gasteiger partial charge in [-0.1, -0.05) is 73.6 Å². The van der Waals surface area contributed by atoms with Crippen LogP contribution in [-0.4, -0.2) is 56.0 Å². The summed E-state index contributed by atoms with van der Waals surface area (Å²) in [5, 5.41) is 20.9. The molecule has 0 fully saturated rings. The molecule has 0 saturated heterocycles.